The number of halogens is 2. The van der Waals surface area contributed by atoms with Crippen LogP contribution < -0.4 is 10.6 Å². The first-order valence-electron chi connectivity index (χ1n) is 8.17. The van der Waals surface area contributed by atoms with Crippen LogP contribution in [0.15, 0.2) is 46.9 Å². The maximum atomic E-state index is 13.4. The highest BCUT2D eigenvalue weighted by atomic mass is 79.9. The fourth-order valence-electron chi connectivity index (χ4n) is 2.95. The normalized spacial score (nSPS) is 19.2. The van der Waals surface area contributed by atoms with Crippen LogP contribution >= 0.6 is 15.9 Å². The summed E-state index contributed by atoms with van der Waals surface area (Å²) in [7, 11) is 0. The fraction of sp³-hybridized carbons (Fsp3) is 0.211. The zero-order chi connectivity index (χ0) is 19.8. The van der Waals surface area contributed by atoms with Crippen molar-refractivity contribution in [1.29, 1.82) is 0 Å². The number of imide groups is 1. The molecule has 1 aliphatic rings. The topological polar surface area (TPSA) is 78.5 Å². The molecule has 1 atom stereocenters. The van der Waals surface area contributed by atoms with E-state index in [0.717, 1.165) is 4.90 Å². The second-order valence-electron chi connectivity index (χ2n) is 6.43. The van der Waals surface area contributed by atoms with Gasteiger partial charge >= 0.3 is 6.03 Å². The summed E-state index contributed by atoms with van der Waals surface area (Å²) in [6.07, 6.45) is 0. The van der Waals surface area contributed by atoms with Gasteiger partial charge in [0.05, 0.1) is 0 Å². The summed E-state index contributed by atoms with van der Waals surface area (Å²) in [5.74, 6) is -1.62. The molecule has 0 unspecified atom stereocenters. The van der Waals surface area contributed by atoms with E-state index in [0.29, 0.717) is 21.3 Å². The molecule has 3 rings (SSSR count). The lowest BCUT2D eigenvalue weighted by Crippen LogP contribution is -2.42. The van der Waals surface area contributed by atoms with E-state index >= 15 is 0 Å². The number of carbonyl (C=O) groups excluding carboxylic acids is 3. The SMILES string of the molecule is Cc1ccc(F)cc1NC(=O)CN1C(=O)N[C@@](C)(c2ccccc2Br)C1=O. The van der Waals surface area contributed by atoms with Crippen LogP contribution in [0.2, 0.25) is 0 Å². The Morgan fingerprint density at radius 3 is 2.67 bits per heavy atom. The number of aryl methyl sites for hydroxylation is 1. The van der Waals surface area contributed by atoms with E-state index in [2.05, 4.69) is 26.6 Å². The van der Waals surface area contributed by atoms with Gasteiger partial charge < -0.3 is 10.6 Å². The highest BCUT2D eigenvalue weighted by Crippen LogP contribution is 2.33. The summed E-state index contributed by atoms with van der Waals surface area (Å²) in [5, 5.41) is 5.18. The minimum absolute atomic E-state index is 0.292. The van der Waals surface area contributed by atoms with Gasteiger partial charge in [-0.3, -0.25) is 14.5 Å². The molecule has 4 amide bonds. The van der Waals surface area contributed by atoms with Gasteiger partial charge in [0.15, 0.2) is 0 Å². The molecule has 140 valence electrons. The number of urea groups is 1. The van der Waals surface area contributed by atoms with Crippen molar-refractivity contribution in [1.82, 2.24) is 10.2 Å². The summed E-state index contributed by atoms with van der Waals surface area (Å²) in [5.41, 5.74) is 0.263. The molecule has 2 aromatic rings. The molecule has 27 heavy (non-hydrogen) atoms. The molecule has 0 aromatic heterocycles. The number of carbonyl (C=O) groups is 3. The molecule has 0 saturated carbocycles. The van der Waals surface area contributed by atoms with Crippen LogP contribution in [0.4, 0.5) is 14.9 Å². The number of anilines is 1. The first-order valence-corrected chi connectivity index (χ1v) is 8.97. The Morgan fingerprint density at radius 2 is 1.96 bits per heavy atom. The van der Waals surface area contributed by atoms with Crippen LogP contribution in [0.5, 0.6) is 0 Å². The fourth-order valence-corrected chi connectivity index (χ4v) is 3.63. The summed E-state index contributed by atoms with van der Waals surface area (Å²) in [6, 6.07) is 10.4. The summed E-state index contributed by atoms with van der Waals surface area (Å²) in [4.78, 5) is 38.4. The third-order valence-corrected chi connectivity index (χ3v) is 5.15. The molecule has 1 heterocycles. The second kappa shape index (κ2) is 7.11. The molecule has 0 aliphatic carbocycles. The number of rotatable bonds is 4. The maximum Gasteiger partial charge on any atom is 0.325 e. The molecule has 2 N–H and O–H groups in total. The van der Waals surface area contributed by atoms with E-state index in [1.165, 1.54) is 18.2 Å². The summed E-state index contributed by atoms with van der Waals surface area (Å²) in [6.45, 7) is 2.83. The van der Waals surface area contributed by atoms with Crippen LogP contribution in [-0.4, -0.2) is 29.3 Å². The monoisotopic (exact) mass is 433 g/mol. The summed E-state index contributed by atoms with van der Waals surface area (Å²) >= 11 is 3.38. The molecule has 1 aliphatic heterocycles. The van der Waals surface area contributed by atoms with E-state index in [1.54, 1.807) is 38.1 Å². The van der Waals surface area contributed by atoms with Gasteiger partial charge in [-0.05, 0) is 37.6 Å². The quantitative estimate of drug-likeness (QED) is 0.725. The Kier molecular flexibility index (Phi) is 5.01. The van der Waals surface area contributed by atoms with Crippen molar-refractivity contribution >= 4 is 39.5 Å². The van der Waals surface area contributed by atoms with E-state index in [4.69, 9.17) is 0 Å². The molecule has 2 aromatic carbocycles. The predicted octanol–water partition coefficient (Wildman–Crippen LogP) is 3.30. The van der Waals surface area contributed by atoms with Gasteiger partial charge in [0.1, 0.15) is 17.9 Å². The van der Waals surface area contributed by atoms with Gasteiger partial charge in [0.25, 0.3) is 5.91 Å². The van der Waals surface area contributed by atoms with E-state index in [9.17, 15) is 18.8 Å². The van der Waals surface area contributed by atoms with Gasteiger partial charge in [-0.25, -0.2) is 9.18 Å². The van der Waals surface area contributed by atoms with Crippen molar-refractivity contribution in [3.63, 3.8) is 0 Å². The Balaban J connectivity index is 1.79. The molecule has 1 saturated heterocycles. The van der Waals surface area contributed by atoms with Crippen molar-refractivity contribution in [3.05, 3.63) is 63.9 Å². The maximum absolute atomic E-state index is 13.4. The van der Waals surface area contributed by atoms with Crippen LogP contribution in [0.1, 0.15) is 18.1 Å². The highest BCUT2D eigenvalue weighted by Gasteiger charge is 2.50. The van der Waals surface area contributed by atoms with Gasteiger partial charge in [-0.15, -0.1) is 0 Å². The smallest absolute Gasteiger partial charge is 0.324 e. The zero-order valence-electron chi connectivity index (χ0n) is 14.7. The van der Waals surface area contributed by atoms with Gasteiger partial charge in [0.2, 0.25) is 5.91 Å². The number of benzene rings is 2. The lowest BCUT2D eigenvalue weighted by Gasteiger charge is -2.23. The average molecular weight is 434 g/mol. The van der Waals surface area contributed by atoms with E-state index in [1.807, 2.05) is 0 Å². The van der Waals surface area contributed by atoms with Gasteiger partial charge in [-0.2, -0.15) is 0 Å². The molecule has 8 heteroatoms. The Labute approximate surface area is 163 Å². The summed E-state index contributed by atoms with van der Waals surface area (Å²) < 4.78 is 14.0. The van der Waals surface area contributed by atoms with Crippen molar-refractivity contribution < 1.29 is 18.8 Å². The number of nitrogens with one attached hydrogen (secondary N) is 2. The lowest BCUT2D eigenvalue weighted by molar-refractivity contribution is -0.133. The molecule has 6 nitrogen and oxygen atoms in total. The Hall–Kier alpha value is -2.74. The van der Waals surface area contributed by atoms with Gasteiger partial charge in [0, 0.05) is 15.7 Å². The molecule has 0 spiro atoms. The minimum Gasteiger partial charge on any atom is -0.324 e. The molecule has 0 radical (unpaired) electrons. The van der Waals surface area contributed by atoms with E-state index in [-0.39, 0.29) is 0 Å². The predicted molar refractivity (Wildman–Crippen MR) is 102 cm³/mol. The highest BCUT2D eigenvalue weighted by molar-refractivity contribution is 9.10. The molecular weight excluding hydrogens is 417 g/mol. The lowest BCUT2D eigenvalue weighted by atomic mass is 9.92. The number of hydrogen-bond donors (Lipinski definition) is 2. The third-order valence-electron chi connectivity index (χ3n) is 4.46. The van der Waals surface area contributed by atoms with Crippen molar-refractivity contribution in [2.24, 2.45) is 0 Å². The Morgan fingerprint density at radius 1 is 1.26 bits per heavy atom. The largest absolute Gasteiger partial charge is 0.325 e. The number of amides is 4. The van der Waals surface area contributed by atoms with Gasteiger partial charge in [-0.1, -0.05) is 40.2 Å². The van der Waals surface area contributed by atoms with Crippen molar-refractivity contribution in [2.75, 3.05) is 11.9 Å². The second-order valence-corrected chi connectivity index (χ2v) is 7.29. The molecule has 1 fully saturated rings. The molecular formula is C19H17BrFN3O3. The minimum atomic E-state index is -1.29. The average Bonchev–Trinajstić information content (AvgIpc) is 2.82. The van der Waals surface area contributed by atoms with Crippen LogP contribution in [0.3, 0.4) is 0 Å². The van der Waals surface area contributed by atoms with E-state index < -0.39 is 35.7 Å². The zero-order valence-corrected chi connectivity index (χ0v) is 16.3. The van der Waals surface area contributed by atoms with Crippen LogP contribution in [0.25, 0.3) is 0 Å². The van der Waals surface area contributed by atoms with Crippen molar-refractivity contribution in [3.8, 4) is 0 Å². The number of nitrogens with zero attached hydrogens (tertiary/aromatic N) is 1. The Bertz CT molecular complexity index is 950. The molecule has 0 bridgehead atoms. The first-order chi connectivity index (χ1) is 12.7. The number of hydrogen-bond acceptors (Lipinski definition) is 3. The first kappa shape index (κ1) is 19.0. The van der Waals surface area contributed by atoms with Crippen LogP contribution in [-0.2, 0) is 15.1 Å². The standard InChI is InChI=1S/C19H17BrFN3O3/c1-11-7-8-12(21)9-15(11)22-16(25)10-24-17(26)19(2,23-18(24)27)13-5-3-4-6-14(13)20/h3-9H,10H2,1-2H3,(H,22,25)(H,23,27)/t19-/m0/s1. The van der Waals surface area contributed by atoms with Crippen molar-refractivity contribution in [2.45, 2.75) is 19.4 Å². The van der Waals surface area contributed by atoms with Crippen LogP contribution in [0, 0.1) is 12.7 Å². The third kappa shape index (κ3) is 3.57.